The molecule has 0 spiro atoms. The van der Waals surface area contributed by atoms with Crippen molar-refractivity contribution in [1.82, 2.24) is 4.90 Å². The number of carbonyl (C=O) groups excluding carboxylic acids is 2. The van der Waals surface area contributed by atoms with Crippen molar-refractivity contribution in [2.45, 2.75) is 0 Å². The Kier molecular flexibility index (Phi) is 7.60. The number of anilines is 1. The number of rotatable bonds is 7. The van der Waals surface area contributed by atoms with Gasteiger partial charge in [0.2, 0.25) is 0 Å². The predicted octanol–water partition coefficient (Wildman–Crippen LogP) is 0.109. The molecule has 0 aliphatic rings. The number of methoxy groups -OCH3 is 2. The van der Waals surface area contributed by atoms with Crippen molar-refractivity contribution >= 4 is 29.1 Å². The van der Waals surface area contributed by atoms with E-state index in [1.54, 1.807) is 0 Å². The fraction of sp³-hybridized carbons (Fsp3) is 0.429. The van der Waals surface area contributed by atoms with E-state index in [2.05, 4.69) is 5.32 Å². The van der Waals surface area contributed by atoms with Gasteiger partial charge in [0.05, 0.1) is 38.1 Å². The van der Waals surface area contributed by atoms with E-state index in [0.717, 1.165) is 4.90 Å². The Balaban J connectivity index is 2.97. The standard InChI is InChI=1S/C14H19ClN2O6/c1-22-11-8-10(12(23-2)7-9(11)15)16-13(20)14(21)17(3-5-18)4-6-19/h7-8,18-19H,3-6H2,1-2H3,(H,16,20). The Morgan fingerprint density at radius 1 is 1.13 bits per heavy atom. The second-order valence-corrected chi connectivity index (χ2v) is 4.79. The maximum absolute atomic E-state index is 12.1. The number of aliphatic hydroxyl groups excluding tert-OH is 2. The van der Waals surface area contributed by atoms with Crippen LogP contribution < -0.4 is 14.8 Å². The third kappa shape index (κ3) is 4.98. The fourth-order valence-corrected chi connectivity index (χ4v) is 2.06. The van der Waals surface area contributed by atoms with E-state index in [1.807, 2.05) is 0 Å². The van der Waals surface area contributed by atoms with Gasteiger partial charge in [-0.1, -0.05) is 11.6 Å². The zero-order valence-corrected chi connectivity index (χ0v) is 13.6. The van der Waals surface area contributed by atoms with E-state index in [0.29, 0.717) is 5.75 Å². The van der Waals surface area contributed by atoms with Gasteiger partial charge in [0.15, 0.2) is 0 Å². The van der Waals surface area contributed by atoms with Crippen LogP contribution in [0.4, 0.5) is 5.69 Å². The second-order valence-electron chi connectivity index (χ2n) is 4.38. The second kappa shape index (κ2) is 9.19. The van der Waals surface area contributed by atoms with Crippen molar-refractivity contribution in [3.05, 3.63) is 17.2 Å². The molecule has 2 amide bonds. The molecule has 1 aromatic rings. The summed E-state index contributed by atoms with van der Waals surface area (Å²) in [6.07, 6.45) is 0. The number of carbonyl (C=O) groups is 2. The quantitative estimate of drug-likeness (QED) is 0.605. The summed E-state index contributed by atoms with van der Waals surface area (Å²) in [5.41, 5.74) is 0.208. The molecule has 0 radical (unpaired) electrons. The highest BCUT2D eigenvalue weighted by molar-refractivity contribution is 6.40. The minimum Gasteiger partial charge on any atom is -0.495 e. The van der Waals surface area contributed by atoms with Crippen LogP contribution in [0, 0.1) is 0 Å². The SMILES string of the molecule is COc1cc(NC(=O)C(=O)N(CCO)CCO)c(OC)cc1Cl. The van der Waals surface area contributed by atoms with Crippen molar-refractivity contribution in [3.8, 4) is 11.5 Å². The molecule has 0 bridgehead atoms. The molecule has 0 aliphatic heterocycles. The summed E-state index contributed by atoms with van der Waals surface area (Å²) < 4.78 is 10.2. The lowest BCUT2D eigenvalue weighted by Gasteiger charge is -2.20. The van der Waals surface area contributed by atoms with E-state index < -0.39 is 11.8 Å². The number of halogens is 1. The molecule has 0 atom stereocenters. The van der Waals surface area contributed by atoms with E-state index in [-0.39, 0.29) is 42.8 Å². The molecule has 0 heterocycles. The molecular formula is C14H19ClN2O6. The van der Waals surface area contributed by atoms with Gasteiger partial charge in [0.1, 0.15) is 11.5 Å². The number of aliphatic hydroxyl groups is 2. The monoisotopic (exact) mass is 346 g/mol. The van der Waals surface area contributed by atoms with Crippen molar-refractivity contribution in [2.24, 2.45) is 0 Å². The number of amides is 2. The van der Waals surface area contributed by atoms with Crippen LogP contribution in [0.1, 0.15) is 0 Å². The molecule has 8 nitrogen and oxygen atoms in total. The topological polar surface area (TPSA) is 108 Å². The lowest BCUT2D eigenvalue weighted by molar-refractivity contribution is -0.143. The Labute approximate surface area is 138 Å². The molecule has 0 aromatic heterocycles. The van der Waals surface area contributed by atoms with Crippen LogP contribution in [-0.4, -0.2) is 67.5 Å². The molecule has 128 valence electrons. The summed E-state index contributed by atoms with van der Waals surface area (Å²) in [6.45, 7) is -0.768. The molecule has 1 aromatic carbocycles. The number of hydrogen-bond donors (Lipinski definition) is 3. The van der Waals surface area contributed by atoms with Gasteiger partial charge < -0.3 is 29.9 Å². The summed E-state index contributed by atoms with van der Waals surface area (Å²) in [5.74, 6) is -1.26. The van der Waals surface area contributed by atoms with Crippen LogP contribution in [0.25, 0.3) is 0 Å². The minimum absolute atomic E-state index is 0.0616. The number of nitrogens with one attached hydrogen (secondary N) is 1. The average molecular weight is 347 g/mol. The van der Waals surface area contributed by atoms with Crippen molar-refractivity contribution in [2.75, 3.05) is 45.8 Å². The summed E-state index contributed by atoms with van der Waals surface area (Å²) in [4.78, 5) is 25.1. The van der Waals surface area contributed by atoms with E-state index >= 15 is 0 Å². The first-order chi connectivity index (χ1) is 11.0. The largest absolute Gasteiger partial charge is 0.495 e. The van der Waals surface area contributed by atoms with Gasteiger partial charge in [-0.15, -0.1) is 0 Å². The van der Waals surface area contributed by atoms with Crippen LogP contribution in [0.2, 0.25) is 5.02 Å². The van der Waals surface area contributed by atoms with Gasteiger partial charge in [-0.2, -0.15) is 0 Å². The maximum Gasteiger partial charge on any atom is 0.314 e. The third-order valence-corrected chi connectivity index (χ3v) is 3.24. The van der Waals surface area contributed by atoms with E-state index in [4.69, 9.17) is 31.3 Å². The summed E-state index contributed by atoms with van der Waals surface area (Å²) >= 11 is 5.96. The summed E-state index contributed by atoms with van der Waals surface area (Å²) in [6, 6.07) is 2.87. The number of hydrogen-bond acceptors (Lipinski definition) is 6. The van der Waals surface area contributed by atoms with Crippen molar-refractivity contribution in [1.29, 1.82) is 0 Å². The number of ether oxygens (including phenoxy) is 2. The number of benzene rings is 1. The Bertz CT molecular complexity index is 560. The average Bonchev–Trinajstić information content (AvgIpc) is 2.54. The molecule has 0 fully saturated rings. The first-order valence-corrected chi connectivity index (χ1v) is 7.09. The highest BCUT2D eigenvalue weighted by Crippen LogP contribution is 2.35. The summed E-state index contributed by atoms with van der Waals surface area (Å²) in [5, 5.41) is 20.5. The smallest absolute Gasteiger partial charge is 0.314 e. The van der Waals surface area contributed by atoms with Crippen molar-refractivity contribution in [3.63, 3.8) is 0 Å². The van der Waals surface area contributed by atoms with Gasteiger partial charge in [0, 0.05) is 25.2 Å². The Morgan fingerprint density at radius 2 is 1.70 bits per heavy atom. The van der Waals surface area contributed by atoms with Crippen LogP contribution in [0.15, 0.2) is 12.1 Å². The van der Waals surface area contributed by atoms with E-state index in [1.165, 1.54) is 26.4 Å². The fourth-order valence-electron chi connectivity index (χ4n) is 1.83. The molecule has 0 aliphatic carbocycles. The predicted molar refractivity (Wildman–Crippen MR) is 83.9 cm³/mol. The third-order valence-electron chi connectivity index (χ3n) is 2.94. The van der Waals surface area contributed by atoms with Gasteiger partial charge in [0.25, 0.3) is 0 Å². The number of nitrogens with zero attached hydrogens (tertiary/aromatic N) is 1. The molecule has 0 saturated carbocycles. The maximum atomic E-state index is 12.1. The van der Waals surface area contributed by atoms with Crippen LogP contribution in [-0.2, 0) is 9.59 Å². The molecule has 9 heteroatoms. The lowest BCUT2D eigenvalue weighted by Crippen LogP contribution is -2.42. The lowest BCUT2D eigenvalue weighted by atomic mass is 10.2. The molecular weight excluding hydrogens is 328 g/mol. The van der Waals surface area contributed by atoms with Gasteiger partial charge in [-0.05, 0) is 0 Å². The zero-order valence-electron chi connectivity index (χ0n) is 12.8. The Hall–Kier alpha value is -2.03. The van der Waals surface area contributed by atoms with Gasteiger partial charge in [-0.25, -0.2) is 0 Å². The van der Waals surface area contributed by atoms with Gasteiger partial charge in [-0.3, -0.25) is 9.59 Å². The van der Waals surface area contributed by atoms with Crippen LogP contribution in [0.5, 0.6) is 11.5 Å². The highest BCUT2D eigenvalue weighted by Gasteiger charge is 2.23. The summed E-state index contributed by atoms with van der Waals surface area (Å²) in [7, 11) is 2.80. The van der Waals surface area contributed by atoms with E-state index in [9.17, 15) is 9.59 Å². The van der Waals surface area contributed by atoms with Crippen LogP contribution >= 0.6 is 11.6 Å². The van der Waals surface area contributed by atoms with Crippen molar-refractivity contribution < 1.29 is 29.3 Å². The zero-order chi connectivity index (χ0) is 17.4. The highest BCUT2D eigenvalue weighted by atomic mass is 35.5. The van der Waals surface area contributed by atoms with Crippen LogP contribution in [0.3, 0.4) is 0 Å². The minimum atomic E-state index is -0.936. The Morgan fingerprint density at radius 3 is 2.17 bits per heavy atom. The molecule has 1 rings (SSSR count). The first kappa shape index (κ1) is 19.0. The molecule has 0 unspecified atom stereocenters. The molecule has 0 saturated heterocycles. The normalized spacial score (nSPS) is 10.1. The first-order valence-electron chi connectivity index (χ1n) is 6.72. The van der Waals surface area contributed by atoms with Gasteiger partial charge >= 0.3 is 11.8 Å². The molecule has 23 heavy (non-hydrogen) atoms. The molecule has 3 N–H and O–H groups in total.